The van der Waals surface area contributed by atoms with Crippen molar-refractivity contribution < 1.29 is 4.74 Å². The summed E-state index contributed by atoms with van der Waals surface area (Å²) in [5.41, 5.74) is 9.58. The SMILES string of the molecule is CCCOc1ccc(-c2ccccc2)cc1CC(C)N. The monoisotopic (exact) mass is 269 g/mol. The highest BCUT2D eigenvalue weighted by Gasteiger charge is 2.08. The van der Waals surface area contributed by atoms with Gasteiger partial charge in [-0.15, -0.1) is 0 Å². The first-order valence-electron chi connectivity index (χ1n) is 7.27. The van der Waals surface area contributed by atoms with Gasteiger partial charge in [0, 0.05) is 6.04 Å². The predicted molar refractivity (Wildman–Crippen MR) is 85.0 cm³/mol. The highest BCUT2D eigenvalue weighted by atomic mass is 16.5. The van der Waals surface area contributed by atoms with E-state index in [1.807, 2.05) is 13.0 Å². The molecule has 2 aromatic carbocycles. The van der Waals surface area contributed by atoms with Crippen LogP contribution in [-0.4, -0.2) is 12.6 Å². The number of ether oxygens (including phenoxy) is 1. The molecule has 2 heteroatoms. The quantitative estimate of drug-likeness (QED) is 0.859. The van der Waals surface area contributed by atoms with Crippen LogP contribution in [-0.2, 0) is 6.42 Å². The Hall–Kier alpha value is -1.80. The smallest absolute Gasteiger partial charge is 0.122 e. The Labute approximate surface area is 121 Å². The first-order valence-corrected chi connectivity index (χ1v) is 7.27. The molecule has 0 saturated heterocycles. The van der Waals surface area contributed by atoms with Crippen LogP contribution in [0.5, 0.6) is 5.75 Å². The van der Waals surface area contributed by atoms with Crippen LogP contribution in [0.3, 0.4) is 0 Å². The molecular weight excluding hydrogens is 246 g/mol. The first-order chi connectivity index (χ1) is 9.70. The van der Waals surface area contributed by atoms with E-state index in [2.05, 4.69) is 49.4 Å². The second-order valence-electron chi connectivity index (χ2n) is 5.22. The zero-order chi connectivity index (χ0) is 14.4. The van der Waals surface area contributed by atoms with Gasteiger partial charge in [-0.3, -0.25) is 0 Å². The van der Waals surface area contributed by atoms with E-state index in [9.17, 15) is 0 Å². The van der Waals surface area contributed by atoms with Gasteiger partial charge in [0.1, 0.15) is 5.75 Å². The highest BCUT2D eigenvalue weighted by molar-refractivity contribution is 5.65. The predicted octanol–water partition coefficient (Wildman–Crippen LogP) is 4.03. The molecule has 0 heterocycles. The summed E-state index contributed by atoms with van der Waals surface area (Å²) in [6.07, 6.45) is 1.85. The minimum absolute atomic E-state index is 0.130. The molecule has 0 fully saturated rings. The molecule has 0 aromatic heterocycles. The number of nitrogens with two attached hydrogens (primary N) is 1. The van der Waals surface area contributed by atoms with Gasteiger partial charge < -0.3 is 10.5 Å². The Kier molecular flexibility index (Phi) is 5.19. The molecule has 0 bridgehead atoms. The lowest BCUT2D eigenvalue weighted by Gasteiger charge is -2.14. The van der Waals surface area contributed by atoms with Crippen molar-refractivity contribution in [2.45, 2.75) is 32.7 Å². The zero-order valence-corrected chi connectivity index (χ0v) is 12.3. The van der Waals surface area contributed by atoms with Gasteiger partial charge in [0.2, 0.25) is 0 Å². The van der Waals surface area contributed by atoms with Crippen molar-refractivity contribution in [1.29, 1.82) is 0 Å². The molecule has 1 unspecified atom stereocenters. The Balaban J connectivity index is 2.32. The van der Waals surface area contributed by atoms with E-state index in [1.54, 1.807) is 0 Å². The van der Waals surface area contributed by atoms with E-state index in [4.69, 9.17) is 10.5 Å². The van der Waals surface area contributed by atoms with Crippen molar-refractivity contribution in [3.05, 3.63) is 54.1 Å². The highest BCUT2D eigenvalue weighted by Crippen LogP contribution is 2.27. The van der Waals surface area contributed by atoms with Crippen molar-refractivity contribution in [3.8, 4) is 16.9 Å². The van der Waals surface area contributed by atoms with Gasteiger partial charge in [-0.1, -0.05) is 43.3 Å². The Bertz CT molecular complexity index is 534. The summed E-state index contributed by atoms with van der Waals surface area (Å²) in [6.45, 7) is 4.89. The van der Waals surface area contributed by atoms with Gasteiger partial charge >= 0.3 is 0 Å². The molecule has 0 amide bonds. The van der Waals surface area contributed by atoms with Crippen LogP contribution in [0.4, 0.5) is 0 Å². The van der Waals surface area contributed by atoms with Gasteiger partial charge in [-0.2, -0.15) is 0 Å². The molecule has 2 rings (SSSR count). The van der Waals surface area contributed by atoms with E-state index >= 15 is 0 Å². The molecule has 0 spiro atoms. The minimum atomic E-state index is 0.130. The van der Waals surface area contributed by atoms with Crippen LogP contribution in [0, 0.1) is 0 Å². The van der Waals surface area contributed by atoms with Crippen LogP contribution in [0.15, 0.2) is 48.5 Å². The fraction of sp³-hybridized carbons (Fsp3) is 0.333. The van der Waals surface area contributed by atoms with Crippen LogP contribution in [0.25, 0.3) is 11.1 Å². The van der Waals surface area contributed by atoms with Crippen LogP contribution < -0.4 is 10.5 Å². The van der Waals surface area contributed by atoms with E-state index in [0.29, 0.717) is 0 Å². The average Bonchev–Trinajstić information content (AvgIpc) is 2.46. The summed E-state index contributed by atoms with van der Waals surface area (Å²) >= 11 is 0. The van der Waals surface area contributed by atoms with Crippen LogP contribution >= 0.6 is 0 Å². The number of hydrogen-bond acceptors (Lipinski definition) is 2. The first kappa shape index (κ1) is 14.6. The summed E-state index contributed by atoms with van der Waals surface area (Å²) in [5.74, 6) is 0.962. The van der Waals surface area contributed by atoms with Gasteiger partial charge in [0.05, 0.1) is 6.61 Å². The number of hydrogen-bond donors (Lipinski definition) is 1. The van der Waals surface area contributed by atoms with E-state index in [1.165, 1.54) is 16.7 Å². The maximum absolute atomic E-state index is 5.96. The maximum atomic E-state index is 5.96. The maximum Gasteiger partial charge on any atom is 0.122 e. The Morgan fingerprint density at radius 2 is 1.80 bits per heavy atom. The van der Waals surface area contributed by atoms with Gasteiger partial charge in [0.25, 0.3) is 0 Å². The Morgan fingerprint density at radius 3 is 2.45 bits per heavy atom. The molecule has 2 aromatic rings. The van der Waals surface area contributed by atoms with Gasteiger partial charge in [-0.05, 0) is 48.6 Å². The minimum Gasteiger partial charge on any atom is -0.493 e. The number of benzene rings is 2. The summed E-state index contributed by atoms with van der Waals surface area (Å²) in [6, 6.07) is 16.9. The molecule has 0 saturated carbocycles. The van der Waals surface area contributed by atoms with Crippen molar-refractivity contribution in [1.82, 2.24) is 0 Å². The molecule has 2 N–H and O–H groups in total. The molecule has 20 heavy (non-hydrogen) atoms. The third kappa shape index (κ3) is 3.84. The average molecular weight is 269 g/mol. The third-order valence-electron chi connectivity index (χ3n) is 3.17. The number of rotatable bonds is 6. The second-order valence-corrected chi connectivity index (χ2v) is 5.22. The summed E-state index contributed by atoms with van der Waals surface area (Å²) in [5, 5.41) is 0. The van der Waals surface area contributed by atoms with Crippen molar-refractivity contribution in [2.75, 3.05) is 6.61 Å². The molecule has 1 atom stereocenters. The van der Waals surface area contributed by atoms with Crippen LogP contribution in [0.2, 0.25) is 0 Å². The molecule has 0 aliphatic heterocycles. The van der Waals surface area contributed by atoms with Crippen molar-refractivity contribution >= 4 is 0 Å². The fourth-order valence-corrected chi connectivity index (χ4v) is 2.25. The fourth-order valence-electron chi connectivity index (χ4n) is 2.25. The normalized spacial score (nSPS) is 12.2. The van der Waals surface area contributed by atoms with Crippen molar-refractivity contribution in [3.63, 3.8) is 0 Å². The molecule has 0 radical (unpaired) electrons. The Morgan fingerprint density at radius 1 is 1.05 bits per heavy atom. The van der Waals surface area contributed by atoms with Crippen molar-refractivity contribution in [2.24, 2.45) is 5.73 Å². The largest absolute Gasteiger partial charge is 0.493 e. The molecule has 0 aliphatic carbocycles. The zero-order valence-electron chi connectivity index (χ0n) is 12.3. The molecule has 2 nitrogen and oxygen atoms in total. The van der Waals surface area contributed by atoms with Crippen LogP contribution in [0.1, 0.15) is 25.8 Å². The topological polar surface area (TPSA) is 35.2 Å². The third-order valence-corrected chi connectivity index (χ3v) is 3.17. The summed E-state index contributed by atoms with van der Waals surface area (Å²) in [4.78, 5) is 0. The molecular formula is C18H23NO. The van der Waals surface area contributed by atoms with E-state index in [0.717, 1.165) is 25.2 Å². The van der Waals surface area contributed by atoms with Gasteiger partial charge in [0.15, 0.2) is 0 Å². The van der Waals surface area contributed by atoms with Gasteiger partial charge in [-0.25, -0.2) is 0 Å². The summed E-state index contributed by atoms with van der Waals surface area (Å²) < 4.78 is 5.82. The lowest BCUT2D eigenvalue weighted by Crippen LogP contribution is -2.18. The lowest BCUT2D eigenvalue weighted by atomic mass is 9.99. The van der Waals surface area contributed by atoms with E-state index in [-0.39, 0.29) is 6.04 Å². The molecule has 106 valence electrons. The second kappa shape index (κ2) is 7.11. The lowest BCUT2D eigenvalue weighted by molar-refractivity contribution is 0.313. The molecule has 0 aliphatic rings. The van der Waals surface area contributed by atoms with E-state index < -0.39 is 0 Å². The standard InChI is InChI=1S/C18H23NO/c1-3-11-20-18-10-9-16(13-17(18)12-14(2)19)15-7-5-4-6-8-15/h4-10,13-14H,3,11-12,19H2,1-2H3. The summed E-state index contributed by atoms with van der Waals surface area (Å²) in [7, 11) is 0.